The molecule has 1 heterocycles. The molecule has 1 aliphatic carbocycles. The van der Waals surface area contributed by atoms with E-state index in [9.17, 15) is 5.11 Å². The Kier molecular flexibility index (Phi) is 7.59. The van der Waals surface area contributed by atoms with E-state index in [-0.39, 0.29) is 6.23 Å². The van der Waals surface area contributed by atoms with E-state index in [0.717, 1.165) is 18.9 Å². The zero-order valence-corrected chi connectivity index (χ0v) is 18.3. The monoisotopic (exact) mass is 407 g/mol. The van der Waals surface area contributed by atoms with Gasteiger partial charge in [0.25, 0.3) is 0 Å². The third kappa shape index (κ3) is 5.51. The summed E-state index contributed by atoms with van der Waals surface area (Å²) < 4.78 is 6.20. The van der Waals surface area contributed by atoms with Gasteiger partial charge in [-0.05, 0) is 68.4 Å². The number of hydrogen-bond donors (Lipinski definition) is 1. The van der Waals surface area contributed by atoms with Crippen LogP contribution in [0.3, 0.4) is 0 Å². The molecule has 2 aromatic rings. The second kappa shape index (κ2) is 10.6. The fourth-order valence-electron chi connectivity index (χ4n) is 5.57. The van der Waals surface area contributed by atoms with Crippen molar-refractivity contribution in [3.8, 4) is 0 Å². The van der Waals surface area contributed by atoms with Crippen LogP contribution in [0, 0.1) is 11.8 Å². The van der Waals surface area contributed by atoms with Gasteiger partial charge >= 0.3 is 0 Å². The molecule has 0 bridgehead atoms. The lowest BCUT2D eigenvalue weighted by atomic mass is 9.76. The van der Waals surface area contributed by atoms with E-state index in [0.29, 0.717) is 24.7 Å². The summed E-state index contributed by atoms with van der Waals surface area (Å²) in [6.07, 6.45) is 8.18. The van der Waals surface area contributed by atoms with Crippen LogP contribution in [0.25, 0.3) is 0 Å². The van der Waals surface area contributed by atoms with Crippen LogP contribution in [0.5, 0.6) is 0 Å². The molecule has 1 aliphatic heterocycles. The van der Waals surface area contributed by atoms with Gasteiger partial charge in [-0.1, -0.05) is 60.7 Å². The Morgan fingerprint density at radius 1 is 0.900 bits per heavy atom. The largest absolute Gasteiger partial charge is 0.378 e. The third-order valence-corrected chi connectivity index (χ3v) is 7.37. The van der Waals surface area contributed by atoms with Gasteiger partial charge in [-0.2, -0.15) is 0 Å². The van der Waals surface area contributed by atoms with Crippen molar-refractivity contribution < 1.29 is 9.84 Å². The maximum absolute atomic E-state index is 10.9. The van der Waals surface area contributed by atoms with Gasteiger partial charge in [0.15, 0.2) is 0 Å². The first-order valence-corrected chi connectivity index (χ1v) is 11.8. The van der Waals surface area contributed by atoms with Crippen molar-refractivity contribution in [2.45, 2.75) is 76.9 Å². The summed E-state index contributed by atoms with van der Waals surface area (Å²) in [6, 6.07) is 21.4. The number of nitrogens with zero attached hydrogens (tertiary/aromatic N) is 1. The van der Waals surface area contributed by atoms with Crippen LogP contribution in [-0.2, 0) is 17.8 Å². The van der Waals surface area contributed by atoms with Gasteiger partial charge in [0.2, 0.25) is 0 Å². The molecule has 3 heteroatoms. The molecule has 3 nitrogen and oxygen atoms in total. The molecule has 3 atom stereocenters. The van der Waals surface area contributed by atoms with Crippen molar-refractivity contribution in [2.75, 3.05) is 6.54 Å². The molecule has 1 saturated heterocycles. The summed E-state index contributed by atoms with van der Waals surface area (Å²) in [6.45, 7) is 4.00. The molecule has 30 heavy (non-hydrogen) atoms. The molecular formula is C27H37NO2. The van der Waals surface area contributed by atoms with Crippen LogP contribution < -0.4 is 0 Å². The van der Waals surface area contributed by atoms with Crippen LogP contribution in [0.2, 0.25) is 0 Å². The Morgan fingerprint density at radius 2 is 1.53 bits per heavy atom. The van der Waals surface area contributed by atoms with E-state index >= 15 is 0 Å². The minimum Gasteiger partial charge on any atom is -0.378 e. The molecule has 0 radical (unpaired) electrons. The topological polar surface area (TPSA) is 32.7 Å². The molecule has 3 unspecified atom stereocenters. The van der Waals surface area contributed by atoms with Gasteiger partial charge in [-0.15, -0.1) is 0 Å². The third-order valence-electron chi connectivity index (χ3n) is 7.37. The quantitative estimate of drug-likeness (QED) is 0.634. The lowest BCUT2D eigenvalue weighted by Crippen LogP contribution is -2.45. The summed E-state index contributed by atoms with van der Waals surface area (Å²) in [5.41, 5.74) is 2.48. The first kappa shape index (κ1) is 21.5. The highest BCUT2D eigenvalue weighted by atomic mass is 16.5. The van der Waals surface area contributed by atoms with Gasteiger partial charge in [-0.25, -0.2) is 0 Å². The number of aliphatic hydroxyl groups excluding tert-OH is 1. The van der Waals surface area contributed by atoms with Crippen molar-refractivity contribution in [3.05, 3.63) is 71.8 Å². The fraction of sp³-hybridized carbons (Fsp3) is 0.556. The van der Waals surface area contributed by atoms with Crippen molar-refractivity contribution in [2.24, 2.45) is 11.8 Å². The second-order valence-corrected chi connectivity index (χ2v) is 9.29. The highest BCUT2D eigenvalue weighted by Crippen LogP contribution is 2.39. The van der Waals surface area contributed by atoms with Crippen LogP contribution in [0.1, 0.15) is 56.6 Å². The van der Waals surface area contributed by atoms with E-state index in [2.05, 4.69) is 66.4 Å². The smallest absolute Gasteiger partial charge is 0.111 e. The van der Waals surface area contributed by atoms with E-state index in [4.69, 9.17) is 4.74 Å². The molecule has 1 N–H and O–H groups in total. The molecule has 1 saturated carbocycles. The van der Waals surface area contributed by atoms with E-state index in [1.807, 2.05) is 6.07 Å². The molecule has 162 valence electrons. The molecule has 2 fully saturated rings. The van der Waals surface area contributed by atoms with Crippen molar-refractivity contribution in [1.82, 2.24) is 4.90 Å². The Labute approximate surface area is 182 Å². The standard InChI is InChI=1S/C27H37NO2/c1-21(30-20-23-11-6-3-7-12-23)24-14-16-25(17-15-24)26-13-8-18-28(26)27(29)19-22-9-4-2-5-10-22/h2-7,9-12,21,24-27,29H,8,13-20H2,1H3. The zero-order chi connectivity index (χ0) is 20.8. The minimum absolute atomic E-state index is 0.314. The van der Waals surface area contributed by atoms with Crippen molar-refractivity contribution >= 4 is 0 Å². The van der Waals surface area contributed by atoms with Crippen LogP contribution >= 0.6 is 0 Å². The second-order valence-electron chi connectivity index (χ2n) is 9.29. The Bertz CT molecular complexity index is 742. The maximum Gasteiger partial charge on any atom is 0.111 e. The van der Waals surface area contributed by atoms with Crippen molar-refractivity contribution in [3.63, 3.8) is 0 Å². The molecule has 2 aromatic carbocycles. The predicted molar refractivity (Wildman–Crippen MR) is 122 cm³/mol. The van der Waals surface area contributed by atoms with E-state index < -0.39 is 0 Å². The first-order chi connectivity index (χ1) is 14.7. The number of aliphatic hydroxyl groups is 1. The molecule has 0 aromatic heterocycles. The maximum atomic E-state index is 10.9. The number of ether oxygens (including phenoxy) is 1. The van der Waals surface area contributed by atoms with Crippen LogP contribution in [0.4, 0.5) is 0 Å². The van der Waals surface area contributed by atoms with E-state index in [1.165, 1.54) is 49.7 Å². The number of rotatable bonds is 8. The molecule has 4 rings (SSSR count). The zero-order valence-electron chi connectivity index (χ0n) is 18.3. The summed E-state index contributed by atoms with van der Waals surface area (Å²) >= 11 is 0. The molecular weight excluding hydrogens is 370 g/mol. The lowest BCUT2D eigenvalue weighted by molar-refractivity contribution is -0.0368. The highest BCUT2D eigenvalue weighted by molar-refractivity contribution is 5.15. The van der Waals surface area contributed by atoms with Gasteiger partial charge in [-0.3, -0.25) is 4.90 Å². The fourth-order valence-corrected chi connectivity index (χ4v) is 5.57. The van der Waals surface area contributed by atoms with Crippen LogP contribution in [-0.4, -0.2) is 34.9 Å². The van der Waals surface area contributed by atoms with Crippen LogP contribution in [0.15, 0.2) is 60.7 Å². The Morgan fingerprint density at radius 3 is 2.20 bits per heavy atom. The number of benzene rings is 2. The number of likely N-dealkylation sites (tertiary alicyclic amines) is 1. The molecule has 0 spiro atoms. The van der Waals surface area contributed by atoms with Gasteiger partial charge in [0, 0.05) is 19.0 Å². The van der Waals surface area contributed by atoms with Crippen molar-refractivity contribution in [1.29, 1.82) is 0 Å². The summed E-state index contributed by atoms with van der Waals surface area (Å²) in [5.74, 6) is 1.38. The normalized spacial score (nSPS) is 27.1. The summed E-state index contributed by atoms with van der Waals surface area (Å²) in [7, 11) is 0. The molecule has 0 amide bonds. The average Bonchev–Trinajstić information content (AvgIpc) is 3.29. The minimum atomic E-state index is -0.356. The first-order valence-electron chi connectivity index (χ1n) is 11.8. The average molecular weight is 408 g/mol. The number of hydrogen-bond acceptors (Lipinski definition) is 3. The highest BCUT2D eigenvalue weighted by Gasteiger charge is 2.37. The van der Waals surface area contributed by atoms with E-state index in [1.54, 1.807) is 0 Å². The SMILES string of the molecule is CC(OCc1ccccc1)C1CCC(C2CCCN2C(O)Cc2ccccc2)CC1. The Hall–Kier alpha value is -1.68. The molecule has 2 aliphatic rings. The summed E-state index contributed by atoms with van der Waals surface area (Å²) in [5, 5.41) is 10.9. The Balaban J connectivity index is 1.25. The summed E-state index contributed by atoms with van der Waals surface area (Å²) in [4.78, 5) is 2.40. The predicted octanol–water partition coefficient (Wildman–Crippen LogP) is 5.42. The van der Waals surface area contributed by atoms with Gasteiger partial charge in [0.1, 0.15) is 6.23 Å². The lowest BCUT2D eigenvalue weighted by Gasteiger charge is -2.39. The van der Waals surface area contributed by atoms with Gasteiger partial charge < -0.3 is 9.84 Å². The van der Waals surface area contributed by atoms with Gasteiger partial charge in [0.05, 0.1) is 12.7 Å².